The molecule has 3 fully saturated rings. The number of carbonyl (C=O) groups is 1. The number of nitriles is 1. The number of carbonyl (C=O) groups excluding carboxylic acids is 1. The van der Waals surface area contributed by atoms with E-state index < -0.39 is 0 Å². The van der Waals surface area contributed by atoms with Crippen molar-refractivity contribution in [1.82, 2.24) is 19.8 Å². The first kappa shape index (κ1) is 26.9. The van der Waals surface area contributed by atoms with E-state index in [1.54, 1.807) is 4.90 Å². The predicted molar refractivity (Wildman–Crippen MR) is 163 cm³/mol. The van der Waals surface area contributed by atoms with Gasteiger partial charge in [0.05, 0.1) is 24.0 Å². The number of hydrogen-bond donors (Lipinski definition) is 0. The molecular formula is C34H38N6O2. The normalized spacial score (nSPS) is 25.0. The highest BCUT2D eigenvalue weighted by Gasteiger charge is 2.40. The summed E-state index contributed by atoms with van der Waals surface area (Å²) in [5, 5.41) is 10.5. The van der Waals surface area contributed by atoms with Gasteiger partial charge in [-0.15, -0.1) is 0 Å². The molecule has 216 valence electrons. The summed E-state index contributed by atoms with van der Waals surface area (Å²) in [7, 11) is 2.14. The van der Waals surface area contributed by atoms with Crippen molar-refractivity contribution in [3.8, 4) is 23.2 Å². The number of ether oxygens (including phenoxy) is 1. The van der Waals surface area contributed by atoms with Crippen molar-refractivity contribution in [1.29, 1.82) is 5.26 Å². The average molecular weight is 563 g/mol. The van der Waals surface area contributed by atoms with Gasteiger partial charge >= 0.3 is 6.01 Å². The number of rotatable bonds is 7. The molecule has 7 rings (SSSR count). The SMILES string of the molecule is C=CC(=O)N1CCN(c2nc(OC[C@@H]3CCCN3C)nc3cc(-c4cccc5c4C4CCC4C5)ccc23)C[C@@H]1CC#N. The summed E-state index contributed by atoms with van der Waals surface area (Å²) in [5.74, 6) is 2.15. The Labute approximate surface area is 247 Å². The monoisotopic (exact) mass is 562 g/mol. The molecule has 2 unspecified atom stereocenters. The maximum absolute atomic E-state index is 12.5. The second-order valence-electron chi connectivity index (χ2n) is 12.4. The molecule has 1 aromatic heterocycles. The van der Waals surface area contributed by atoms with Crippen molar-refractivity contribution in [2.24, 2.45) is 5.92 Å². The molecule has 8 heteroatoms. The van der Waals surface area contributed by atoms with Crippen LogP contribution in [0.3, 0.4) is 0 Å². The lowest BCUT2D eigenvalue weighted by Crippen LogP contribution is -2.55. The molecule has 0 radical (unpaired) electrons. The average Bonchev–Trinajstić information content (AvgIpc) is 3.53. The number of anilines is 1. The lowest BCUT2D eigenvalue weighted by Gasteiger charge is -2.41. The van der Waals surface area contributed by atoms with E-state index in [9.17, 15) is 10.1 Å². The van der Waals surface area contributed by atoms with Crippen LogP contribution >= 0.6 is 0 Å². The number of likely N-dealkylation sites (tertiary alicyclic amines) is 1. The molecule has 3 aromatic rings. The molecule has 3 heterocycles. The number of piperazine rings is 1. The smallest absolute Gasteiger partial charge is 0.319 e. The summed E-state index contributed by atoms with van der Waals surface area (Å²) in [6.07, 6.45) is 7.69. The lowest BCUT2D eigenvalue weighted by molar-refractivity contribution is -0.128. The van der Waals surface area contributed by atoms with Crippen molar-refractivity contribution < 1.29 is 9.53 Å². The maximum atomic E-state index is 12.5. The molecule has 42 heavy (non-hydrogen) atoms. The van der Waals surface area contributed by atoms with E-state index in [1.165, 1.54) is 54.0 Å². The molecule has 2 saturated heterocycles. The first-order valence-electron chi connectivity index (χ1n) is 15.4. The van der Waals surface area contributed by atoms with Gasteiger partial charge in [-0.05, 0) is 98.0 Å². The van der Waals surface area contributed by atoms with Gasteiger partial charge in [0.1, 0.15) is 12.4 Å². The molecule has 0 bridgehead atoms. The second-order valence-corrected chi connectivity index (χ2v) is 12.4. The minimum Gasteiger partial charge on any atom is -0.462 e. The van der Waals surface area contributed by atoms with Crippen LogP contribution in [0.5, 0.6) is 6.01 Å². The number of hydrogen-bond acceptors (Lipinski definition) is 7. The van der Waals surface area contributed by atoms with Gasteiger partial charge in [0.2, 0.25) is 5.91 Å². The van der Waals surface area contributed by atoms with Crippen LogP contribution in [0.4, 0.5) is 5.82 Å². The first-order valence-corrected chi connectivity index (χ1v) is 15.4. The molecule has 2 aliphatic heterocycles. The highest BCUT2D eigenvalue weighted by Crippen LogP contribution is 2.54. The lowest BCUT2D eigenvalue weighted by atomic mass is 9.73. The van der Waals surface area contributed by atoms with Crippen LogP contribution in [0.25, 0.3) is 22.0 Å². The number of amides is 1. The first-order chi connectivity index (χ1) is 20.5. The molecule has 2 aromatic carbocycles. The van der Waals surface area contributed by atoms with Gasteiger partial charge in [-0.3, -0.25) is 4.79 Å². The number of nitrogens with zero attached hydrogens (tertiary/aromatic N) is 6. The summed E-state index contributed by atoms with van der Waals surface area (Å²) >= 11 is 0. The Kier molecular flexibility index (Phi) is 7.07. The van der Waals surface area contributed by atoms with Gasteiger partial charge in [0.15, 0.2) is 0 Å². The van der Waals surface area contributed by atoms with Crippen LogP contribution in [0.2, 0.25) is 0 Å². The molecular weight excluding hydrogens is 524 g/mol. The Morgan fingerprint density at radius 2 is 2.05 bits per heavy atom. The van der Waals surface area contributed by atoms with Crippen LogP contribution < -0.4 is 9.64 Å². The molecule has 0 spiro atoms. The number of aromatic nitrogens is 2. The third-order valence-corrected chi connectivity index (χ3v) is 10.1. The predicted octanol–water partition coefficient (Wildman–Crippen LogP) is 4.94. The zero-order valence-corrected chi connectivity index (χ0v) is 24.3. The maximum Gasteiger partial charge on any atom is 0.319 e. The summed E-state index contributed by atoms with van der Waals surface area (Å²) in [6, 6.07) is 16.1. The Hall–Kier alpha value is -3.96. The number of fused-ring (bicyclic) bond motifs is 4. The number of likely N-dealkylation sites (N-methyl/N-ethyl adjacent to an activating group) is 1. The largest absolute Gasteiger partial charge is 0.462 e. The van der Waals surface area contributed by atoms with Gasteiger partial charge in [-0.2, -0.15) is 15.2 Å². The summed E-state index contributed by atoms with van der Waals surface area (Å²) in [5.41, 5.74) is 6.40. The molecule has 1 saturated carbocycles. The molecule has 0 N–H and O–H groups in total. The summed E-state index contributed by atoms with van der Waals surface area (Å²) < 4.78 is 6.29. The summed E-state index contributed by atoms with van der Waals surface area (Å²) in [4.78, 5) is 28.7. The van der Waals surface area contributed by atoms with Crippen LogP contribution in [-0.4, -0.2) is 77.6 Å². The van der Waals surface area contributed by atoms with Crippen LogP contribution in [0.1, 0.15) is 49.1 Å². The van der Waals surface area contributed by atoms with Crippen LogP contribution in [0, 0.1) is 17.2 Å². The number of benzene rings is 2. The zero-order valence-electron chi connectivity index (χ0n) is 24.3. The highest BCUT2D eigenvalue weighted by atomic mass is 16.5. The third-order valence-electron chi connectivity index (χ3n) is 10.1. The Morgan fingerprint density at radius 3 is 2.81 bits per heavy atom. The van der Waals surface area contributed by atoms with E-state index in [0.29, 0.717) is 44.2 Å². The topological polar surface area (TPSA) is 85.6 Å². The van der Waals surface area contributed by atoms with Gasteiger partial charge in [0.25, 0.3) is 0 Å². The second kappa shape index (κ2) is 11.0. The van der Waals surface area contributed by atoms with Gasteiger partial charge in [-0.25, -0.2) is 0 Å². The Morgan fingerprint density at radius 1 is 1.14 bits per heavy atom. The molecule has 1 amide bonds. The van der Waals surface area contributed by atoms with E-state index in [1.807, 2.05) is 0 Å². The third kappa shape index (κ3) is 4.70. The van der Waals surface area contributed by atoms with Gasteiger partial charge in [-0.1, -0.05) is 30.8 Å². The van der Waals surface area contributed by atoms with E-state index in [0.717, 1.165) is 35.6 Å². The van der Waals surface area contributed by atoms with E-state index >= 15 is 0 Å². The molecule has 8 nitrogen and oxygen atoms in total. The van der Waals surface area contributed by atoms with E-state index in [2.05, 4.69) is 65.9 Å². The van der Waals surface area contributed by atoms with Gasteiger partial charge < -0.3 is 19.4 Å². The fraction of sp³-hybridized carbons (Fsp3) is 0.471. The Balaban J connectivity index is 1.27. The van der Waals surface area contributed by atoms with E-state index in [4.69, 9.17) is 14.7 Å². The van der Waals surface area contributed by atoms with Crippen LogP contribution in [0.15, 0.2) is 49.1 Å². The fourth-order valence-electron chi connectivity index (χ4n) is 7.62. The van der Waals surface area contributed by atoms with Crippen molar-refractivity contribution in [3.05, 3.63) is 60.2 Å². The fourth-order valence-corrected chi connectivity index (χ4v) is 7.62. The van der Waals surface area contributed by atoms with Crippen molar-refractivity contribution in [3.63, 3.8) is 0 Å². The van der Waals surface area contributed by atoms with Crippen LogP contribution in [-0.2, 0) is 11.2 Å². The Bertz CT molecular complexity index is 1580. The highest BCUT2D eigenvalue weighted by molar-refractivity contribution is 5.94. The van der Waals surface area contributed by atoms with Crippen molar-refractivity contribution in [2.75, 3.05) is 44.7 Å². The summed E-state index contributed by atoms with van der Waals surface area (Å²) in [6.45, 7) is 6.91. The quantitative estimate of drug-likeness (QED) is 0.377. The minimum absolute atomic E-state index is 0.138. The van der Waals surface area contributed by atoms with Crippen molar-refractivity contribution >= 4 is 22.6 Å². The van der Waals surface area contributed by atoms with Gasteiger partial charge in [0, 0.05) is 31.1 Å². The zero-order chi connectivity index (χ0) is 28.8. The molecule has 4 aliphatic rings. The van der Waals surface area contributed by atoms with Crippen molar-refractivity contribution in [2.45, 2.75) is 56.5 Å². The minimum atomic E-state index is -0.239. The molecule has 4 atom stereocenters. The van der Waals surface area contributed by atoms with E-state index in [-0.39, 0.29) is 18.4 Å². The molecule has 2 aliphatic carbocycles. The standard InChI is InChI=1S/C34H38N6O2/c1-3-31(41)40-17-16-39(20-25(40)13-14-35)33-29-12-10-23(27-8-4-6-24-18-22-9-11-28(22)32(24)27)19-30(29)36-34(37-33)42-21-26-7-5-15-38(26)2/h3-4,6,8,10,12,19,22,25-26,28H,1,5,7,9,11,13,15-18,20-21H2,2H3/t22?,25-,26-,28?/m0/s1.